The number of rotatable bonds is 5. The summed E-state index contributed by atoms with van der Waals surface area (Å²) in [6, 6.07) is 7.98. The van der Waals surface area contributed by atoms with E-state index in [1.54, 1.807) is 6.33 Å². The number of hydrogen-bond donors (Lipinski definition) is 0. The van der Waals surface area contributed by atoms with E-state index in [0.717, 1.165) is 24.1 Å². The standard InChI is InChI=1S/C14H19N3O/c1-3-16(4-2)14(18)9-10-17-11-15-12-7-5-6-8-13(12)17/h5-8,11H,3-4,9-10H2,1-2H3. The van der Waals surface area contributed by atoms with Gasteiger partial charge < -0.3 is 9.47 Å². The quantitative estimate of drug-likeness (QED) is 0.810. The molecule has 0 aliphatic heterocycles. The molecule has 0 atom stereocenters. The lowest BCUT2D eigenvalue weighted by Gasteiger charge is -2.18. The van der Waals surface area contributed by atoms with Crippen LogP contribution in [0.15, 0.2) is 30.6 Å². The zero-order valence-corrected chi connectivity index (χ0v) is 11.0. The van der Waals surface area contributed by atoms with Gasteiger partial charge in [0.05, 0.1) is 17.4 Å². The molecule has 96 valence electrons. The first-order valence-electron chi connectivity index (χ1n) is 6.44. The van der Waals surface area contributed by atoms with Crippen molar-refractivity contribution in [2.24, 2.45) is 0 Å². The molecule has 0 spiro atoms. The van der Waals surface area contributed by atoms with Gasteiger partial charge in [0.15, 0.2) is 0 Å². The van der Waals surface area contributed by atoms with Gasteiger partial charge in [-0.2, -0.15) is 0 Å². The van der Waals surface area contributed by atoms with Crippen LogP contribution in [-0.2, 0) is 11.3 Å². The van der Waals surface area contributed by atoms with Gasteiger partial charge in [0, 0.05) is 26.1 Å². The third-order valence-corrected chi connectivity index (χ3v) is 3.21. The Hall–Kier alpha value is -1.84. The molecule has 0 fully saturated rings. The van der Waals surface area contributed by atoms with Crippen molar-refractivity contribution < 1.29 is 4.79 Å². The maximum Gasteiger partial charge on any atom is 0.224 e. The number of carbonyl (C=O) groups excluding carboxylic acids is 1. The van der Waals surface area contributed by atoms with Gasteiger partial charge in [-0.1, -0.05) is 12.1 Å². The second-order valence-electron chi connectivity index (χ2n) is 4.24. The number of amides is 1. The van der Waals surface area contributed by atoms with Crippen LogP contribution < -0.4 is 0 Å². The van der Waals surface area contributed by atoms with Crippen molar-refractivity contribution in [3.05, 3.63) is 30.6 Å². The van der Waals surface area contributed by atoms with Crippen LogP contribution in [0.25, 0.3) is 11.0 Å². The summed E-state index contributed by atoms with van der Waals surface area (Å²) in [4.78, 5) is 18.1. The number of imidazole rings is 1. The number of carbonyl (C=O) groups is 1. The second-order valence-corrected chi connectivity index (χ2v) is 4.24. The summed E-state index contributed by atoms with van der Waals surface area (Å²) in [6.07, 6.45) is 2.34. The first-order chi connectivity index (χ1) is 8.76. The number of benzene rings is 1. The van der Waals surface area contributed by atoms with Crippen molar-refractivity contribution in [3.8, 4) is 0 Å². The molecule has 1 aromatic heterocycles. The van der Waals surface area contributed by atoms with Crippen molar-refractivity contribution >= 4 is 16.9 Å². The smallest absolute Gasteiger partial charge is 0.224 e. The maximum atomic E-state index is 11.9. The molecule has 4 nitrogen and oxygen atoms in total. The van der Waals surface area contributed by atoms with Gasteiger partial charge in [0.2, 0.25) is 5.91 Å². The molecule has 0 bridgehead atoms. The molecular formula is C14H19N3O. The number of fused-ring (bicyclic) bond motifs is 1. The topological polar surface area (TPSA) is 38.1 Å². The van der Waals surface area contributed by atoms with Gasteiger partial charge in [0.1, 0.15) is 0 Å². The van der Waals surface area contributed by atoms with Crippen molar-refractivity contribution in [1.29, 1.82) is 0 Å². The van der Waals surface area contributed by atoms with E-state index in [0.29, 0.717) is 13.0 Å². The lowest BCUT2D eigenvalue weighted by Crippen LogP contribution is -2.31. The Morgan fingerprint density at radius 1 is 1.28 bits per heavy atom. The first-order valence-corrected chi connectivity index (χ1v) is 6.44. The molecule has 0 saturated carbocycles. The second kappa shape index (κ2) is 5.67. The van der Waals surface area contributed by atoms with E-state index in [9.17, 15) is 4.79 Å². The maximum absolute atomic E-state index is 11.9. The Kier molecular flexibility index (Phi) is 3.97. The number of para-hydroxylation sites is 2. The zero-order valence-electron chi connectivity index (χ0n) is 11.0. The fourth-order valence-electron chi connectivity index (χ4n) is 2.14. The molecule has 0 aliphatic carbocycles. The van der Waals surface area contributed by atoms with Crippen LogP contribution in [0.3, 0.4) is 0 Å². The number of aryl methyl sites for hydroxylation is 1. The summed E-state index contributed by atoms with van der Waals surface area (Å²) in [5.41, 5.74) is 2.07. The zero-order chi connectivity index (χ0) is 13.0. The van der Waals surface area contributed by atoms with Gasteiger partial charge in [-0.15, -0.1) is 0 Å². The van der Waals surface area contributed by atoms with E-state index in [1.165, 1.54) is 0 Å². The molecule has 2 rings (SSSR count). The molecule has 18 heavy (non-hydrogen) atoms. The van der Waals surface area contributed by atoms with E-state index in [2.05, 4.69) is 4.98 Å². The predicted octanol–water partition coefficient (Wildman–Crippen LogP) is 2.29. The predicted molar refractivity (Wildman–Crippen MR) is 72.3 cm³/mol. The minimum atomic E-state index is 0.206. The van der Waals surface area contributed by atoms with E-state index >= 15 is 0 Å². The highest BCUT2D eigenvalue weighted by atomic mass is 16.2. The van der Waals surface area contributed by atoms with Crippen LogP contribution in [0.4, 0.5) is 0 Å². The Morgan fingerprint density at radius 3 is 2.72 bits per heavy atom. The van der Waals surface area contributed by atoms with Crippen LogP contribution in [0, 0.1) is 0 Å². The van der Waals surface area contributed by atoms with E-state index in [4.69, 9.17) is 0 Å². The van der Waals surface area contributed by atoms with Crippen LogP contribution in [0.5, 0.6) is 0 Å². The van der Waals surface area contributed by atoms with Crippen LogP contribution >= 0.6 is 0 Å². The van der Waals surface area contributed by atoms with Crippen LogP contribution in [0.1, 0.15) is 20.3 Å². The van der Waals surface area contributed by atoms with Crippen molar-refractivity contribution in [2.75, 3.05) is 13.1 Å². The Labute approximate surface area is 107 Å². The van der Waals surface area contributed by atoms with E-state index in [1.807, 2.05) is 47.6 Å². The largest absolute Gasteiger partial charge is 0.343 e. The summed E-state index contributed by atoms with van der Waals surface area (Å²) in [6.45, 7) is 6.26. The van der Waals surface area contributed by atoms with Gasteiger partial charge in [-0.25, -0.2) is 4.98 Å². The first kappa shape index (κ1) is 12.6. The molecule has 0 saturated heterocycles. The minimum absolute atomic E-state index is 0.206. The third kappa shape index (κ3) is 2.53. The van der Waals surface area contributed by atoms with Crippen LogP contribution in [-0.4, -0.2) is 33.4 Å². The van der Waals surface area contributed by atoms with Gasteiger partial charge >= 0.3 is 0 Å². The normalized spacial score (nSPS) is 10.8. The fourth-order valence-corrected chi connectivity index (χ4v) is 2.14. The molecule has 1 aromatic carbocycles. The monoisotopic (exact) mass is 245 g/mol. The van der Waals surface area contributed by atoms with Crippen molar-refractivity contribution in [2.45, 2.75) is 26.8 Å². The Balaban J connectivity index is 2.04. The summed E-state index contributed by atoms with van der Waals surface area (Å²) in [7, 11) is 0. The van der Waals surface area contributed by atoms with Crippen molar-refractivity contribution in [1.82, 2.24) is 14.5 Å². The summed E-state index contributed by atoms with van der Waals surface area (Å²) >= 11 is 0. The third-order valence-electron chi connectivity index (χ3n) is 3.21. The Bertz CT molecular complexity index is 529. The number of hydrogen-bond acceptors (Lipinski definition) is 2. The SMILES string of the molecule is CCN(CC)C(=O)CCn1cnc2ccccc21. The molecule has 0 aliphatic rings. The molecule has 2 aromatic rings. The average Bonchev–Trinajstić information content (AvgIpc) is 2.81. The summed E-state index contributed by atoms with van der Waals surface area (Å²) < 4.78 is 2.04. The molecule has 0 unspecified atom stereocenters. The molecule has 0 N–H and O–H groups in total. The van der Waals surface area contributed by atoms with Crippen molar-refractivity contribution in [3.63, 3.8) is 0 Å². The van der Waals surface area contributed by atoms with Gasteiger partial charge in [0.25, 0.3) is 0 Å². The van der Waals surface area contributed by atoms with Crippen LogP contribution in [0.2, 0.25) is 0 Å². The van der Waals surface area contributed by atoms with Gasteiger partial charge in [-0.05, 0) is 26.0 Å². The molecule has 1 amide bonds. The highest BCUT2D eigenvalue weighted by Gasteiger charge is 2.10. The molecule has 0 radical (unpaired) electrons. The van der Waals surface area contributed by atoms with Gasteiger partial charge in [-0.3, -0.25) is 4.79 Å². The fraction of sp³-hybridized carbons (Fsp3) is 0.429. The average molecular weight is 245 g/mol. The highest BCUT2D eigenvalue weighted by Crippen LogP contribution is 2.12. The highest BCUT2D eigenvalue weighted by molar-refractivity contribution is 5.77. The summed E-state index contributed by atoms with van der Waals surface area (Å²) in [5.74, 6) is 0.206. The Morgan fingerprint density at radius 2 is 2.00 bits per heavy atom. The minimum Gasteiger partial charge on any atom is -0.343 e. The number of nitrogens with zero attached hydrogens (tertiary/aromatic N) is 3. The number of aromatic nitrogens is 2. The lowest BCUT2D eigenvalue weighted by atomic mass is 10.3. The molecule has 4 heteroatoms. The van der Waals surface area contributed by atoms with E-state index in [-0.39, 0.29) is 5.91 Å². The lowest BCUT2D eigenvalue weighted by molar-refractivity contribution is -0.131. The van der Waals surface area contributed by atoms with E-state index < -0.39 is 0 Å². The summed E-state index contributed by atoms with van der Waals surface area (Å²) in [5, 5.41) is 0. The molecular weight excluding hydrogens is 226 g/mol. The molecule has 1 heterocycles.